The number of carbonyl (C=O) groups is 1. The van der Waals surface area contributed by atoms with Crippen molar-refractivity contribution in [3.05, 3.63) is 60.2 Å². The fraction of sp³-hybridized carbons (Fsp3) is 0.150. The molecule has 2 aromatic rings. The summed E-state index contributed by atoms with van der Waals surface area (Å²) in [7, 11) is 0. The Labute approximate surface area is 139 Å². The van der Waals surface area contributed by atoms with Crippen LogP contribution in [0.15, 0.2) is 54.6 Å². The fourth-order valence-electron chi connectivity index (χ4n) is 2.23. The summed E-state index contributed by atoms with van der Waals surface area (Å²) >= 11 is 1.65. The normalized spacial score (nSPS) is 18.0. The molecule has 0 aliphatic carbocycles. The predicted molar refractivity (Wildman–Crippen MR) is 95.2 cm³/mol. The highest BCUT2D eigenvalue weighted by Gasteiger charge is 2.14. The molecule has 2 nitrogen and oxygen atoms in total. The summed E-state index contributed by atoms with van der Waals surface area (Å²) in [5.74, 6) is 13.0. The fourth-order valence-corrected chi connectivity index (χ4v) is 2.70. The lowest BCUT2D eigenvalue weighted by atomic mass is 10.0. The highest BCUT2D eigenvalue weighted by molar-refractivity contribution is 7.99. The summed E-state index contributed by atoms with van der Waals surface area (Å²) in [6.07, 6.45) is 2.84. The van der Waals surface area contributed by atoms with Gasteiger partial charge in [0.05, 0.1) is 17.1 Å². The van der Waals surface area contributed by atoms with Gasteiger partial charge in [-0.25, -0.2) is 4.79 Å². The van der Waals surface area contributed by atoms with Gasteiger partial charge in [-0.2, -0.15) is 0 Å². The van der Waals surface area contributed by atoms with Gasteiger partial charge in [0.25, 0.3) is 0 Å². The molecule has 1 aliphatic heterocycles. The minimum absolute atomic E-state index is 0.372. The first-order valence-corrected chi connectivity index (χ1v) is 8.40. The molecule has 0 saturated carbocycles. The van der Waals surface area contributed by atoms with Gasteiger partial charge in [0.15, 0.2) is 6.10 Å². The van der Waals surface area contributed by atoms with E-state index in [0.717, 1.165) is 16.5 Å². The van der Waals surface area contributed by atoms with Gasteiger partial charge in [0, 0.05) is 0 Å². The van der Waals surface area contributed by atoms with Crippen LogP contribution in [0.5, 0.6) is 0 Å². The lowest BCUT2D eigenvalue weighted by Crippen LogP contribution is -2.15. The van der Waals surface area contributed by atoms with E-state index in [0.29, 0.717) is 11.3 Å². The number of thioether (sulfide) groups is 1. The number of benzene rings is 2. The van der Waals surface area contributed by atoms with E-state index >= 15 is 0 Å². The van der Waals surface area contributed by atoms with E-state index in [1.54, 1.807) is 30.0 Å². The van der Waals surface area contributed by atoms with Crippen molar-refractivity contribution in [2.24, 2.45) is 0 Å². The van der Waals surface area contributed by atoms with E-state index < -0.39 is 6.10 Å². The Bertz CT molecular complexity index is 870. The van der Waals surface area contributed by atoms with Crippen LogP contribution >= 0.6 is 11.8 Å². The Kier molecular flexibility index (Phi) is 5.04. The summed E-state index contributed by atoms with van der Waals surface area (Å²) in [4.78, 5) is 12.5. The summed E-state index contributed by atoms with van der Waals surface area (Å²) in [6.45, 7) is 0. The number of hydrogen-bond acceptors (Lipinski definition) is 3. The third-order valence-electron chi connectivity index (χ3n) is 3.29. The van der Waals surface area contributed by atoms with E-state index in [2.05, 4.69) is 23.7 Å². The molecule has 0 fully saturated rings. The maximum absolute atomic E-state index is 12.5. The standard InChI is InChI=1S/C20H14O2S/c21-20(19-13-6-9-16-8-3-4-12-18(16)19)22-17-10-2-1-5-14-23-15-7-11-17/h2-4,6,8-10,12-13,17H,14-15H2/b10-2-. The molecule has 1 unspecified atom stereocenters. The largest absolute Gasteiger partial charge is 0.441 e. The molecule has 23 heavy (non-hydrogen) atoms. The van der Waals surface area contributed by atoms with Gasteiger partial charge < -0.3 is 4.74 Å². The zero-order valence-corrected chi connectivity index (χ0v) is 13.2. The molecule has 0 bridgehead atoms. The molecule has 3 heteroatoms. The van der Waals surface area contributed by atoms with Crippen molar-refractivity contribution in [2.45, 2.75) is 6.10 Å². The van der Waals surface area contributed by atoms with Crippen LogP contribution in [0.3, 0.4) is 0 Å². The van der Waals surface area contributed by atoms with Gasteiger partial charge >= 0.3 is 5.97 Å². The Morgan fingerprint density at radius 2 is 1.91 bits per heavy atom. The first-order chi connectivity index (χ1) is 11.3. The summed E-state index contributed by atoms with van der Waals surface area (Å²) in [5, 5.41) is 1.89. The maximum Gasteiger partial charge on any atom is 0.340 e. The van der Waals surface area contributed by atoms with Crippen LogP contribution in [0.4, 0.5) is 0 Å². The number of hydrogen-bond donors (Lipinski definition) is 0. The van der Waals surface area contributed by atoms with Gasteiger partial charge in [0.2, 0.25) is 0 Å². The molecule has 2 aromatic carbocycles. The van der Waals surface area contributed by atoms with E-state index in [1.165, 1.54) is 0 Å². The number of fused-ring (bicyclic) bond motifs is 1. The molecule has 1 aliphatic rings. The van der Waals surface area contributed by atoms with E-state index in [1.807, 2.05) is 36.4 Å². The van der Waals surface area contributed by atoms with Crippen LogP contribution in [0, 0.1) is 23.7 Å². The molecular formula is C20H14O2S. The van der Waals surface area contributed by atoms with Gasteiger partial charge in [-0.05, 0) is 29.0 Å². The Hall–Kier alpha value is -2.62. The van der Waals surface area contributed by atoms with Crippen molar-refractivity contribution >= 4 is 28.5 Å². The molecule has 0 radical (unpaired) electrons. The minimum Gasteiger partial charge on any atom is -0.441 e. The second-order valence-electron chi connectivity index (χ2n) is 4.85. The number of esters is 1. The van der Waals surface area contributed by atoms with Crippen LogP contribution in [0.1, 0.15) is 10.4 Å². The first kappa shape index (κ1) is 15.3. The van der Waals surface area contributed by atoms with Crippen LogP contribution in [-0.4, -0.2) is 23.6 Å². The zero-order chi connectivity index (χ0) is 15.9. The van der Waals surface area contributed by atoms with Crippen LogP contribution < -0.4 is 0 Å². The minimum atomic E-state index is -0.575. The third kappa shape index (κ3) is 3.97. The average molecular weight is 318 g/mol. The van der Waals surface area contributed by atoms with E-state index in [9.17, 15) is 4.79 Å². The van der Waals surface area contributed by atoms with Gasteiger partial charge in [-0.1, -0.05) is 60.1 Å². The molecule has 0 aromatic heterocycles. The molecule has 0 spiro atoms. The van der Waals surface area contributed by atoms with Crippen molar-refractivity contribution in [2.75, 3.05) is 11.5 Å². The van der Waals surface area contributed by atoms with Gasteiger partial charge in [-0.3, -0.25) is 0 Å². The second kappa shape index (κ2) is 7.58. The third-order valence-corrected chi connectivity index (χ3v) is 3.99. The van der Waals surface area contributed by atoms with Crippen molar-refractivity contribution in [1.82, 2.24) is 0 Å². The number of allylic oxidation sites excluding steroid dienone is 1. The predicted octanol–water partition coefficient (Wildman–Crippen LogP) is 3.68. The monoisotopic (exact) mass is 318 g/mol. The lowest BCUT2D eigenvalue weighted by Gasteiger charge is -2.10. The topological polar surface area (TPSA) is 26.3 Å². The summed E-state index contributed by atoms with van der Waals surface area (Å²) < 4.78 is 5.54. The molecule has 0 amide bonds. The van der Waals surface area contributed by atoms with Crippen molar-refractivity contribution in [3.8, 4) is 23.7 Å². The summed E-state index contributed by atoms with van der Waals surface area (Å²) in [5.41, 5.74) is 0.552. The Morgan fingerprint density at radius 1 is 1.09 bits per heavy atom. The molecule has 3 rings (SSSR count). The van der Waals surface area contributed by atoms with Gasteiger partial charge in [0.1, 0.15) is 0 Å². The van der Waals surface area contributed by atoms with Crippen molar-refractivity contribution < 1.29 is 9.53 Å². The summed E-state index contributed by atoms with van der Waals surface area (Å²) in [6, 6.07) is 13.4. The van der Waals surface area contributed by atoms with Crippen LogP contribution in [-0.2, 0) is 4.74 Å². The number of ether oxygens (including phenoxy) is 1. The van der Waals surface area contributed by atoms with Gasteiger partial charge in [-0.15, -0.1) is 11.8 Å². The number of rotatable bonds is 2. The maximum atomic E-state index is 12.5. The van der Waals surface area contributed by atoms with E-state index in [4.69, 9.17) is 4.74 Å². The molecular weight excluding hydrogens is 304 g/mol. The lowest BCUT2D eigenvalue weighted by molar-refractivity contribution is 0.0477. The van der Waals surface area contributed by atoms with Crippen LogP contribution in [0.2, 0.25) is 0 Å². The highest BCUT2D eigenvalue weighted by Crippen LogP contribution is 2.19. The molecule has 1 atom stereocenters. The highest BCUT2D eigenvalue weighted by atomic mass is 32.2. The van der Waals surface area contributed by atoms with Crippen molar-refractivity contribution in [1.29, 1.82) is 0 Å². The number of carbonyl (C=O) groups excluding carboxylic acids is 1. The first-order valence-electron chi connectivity index (χ1n) is 7.24. The smallest absolute Gasteiger partial charge is 0.340 e. The molecule has 0 saturated heterocycles. The van der Waals surface area contributed by atoms with Crippen molar-refractivity contribution in [3.63, 3.8) is 0 Å². The van der Waals surface area contributed by atoms with E-state index in [-0.39, 0.29) is 5.97 Å². The zero-order valence-electron chi connectivity index (χ0n) is 12.4. The molecule has 0 N–H and O–H groups in total. The average Bonchev–Trinajstić information content (AvgIpc) is 2.60. The SMILES string of the molecule is O=C(OC1C#CCSCC#C/C=C\1)c1cccc2ccccc12. The second-order valence-corrected chi connectivity index (χ2v) is 5.83. The molecule has 1 heterocycles. The quantitative estimate of drug-likeness (QED) is 0.624. The Balaban J connectivity index is 1.85. The molecule has 112 valence electrons. The Morgan fingerprint density at radius 3 is 2.87 bits per heavy atom. The van der Waals surface area contributed by atoms with Crippen LogP contribution in [0.25, 0.3) is 10.8 Å².